The van der Waals surface area contributed by atoms with Crippen LogP contribution in [0.2, 0.25) is 0 Å². The van der Waals surface area contributed by atoms with Crippen LogP contribution >= 0.6 is 0 Å². The number of aromatic nitrogens is 1. The second kappa shape index (κ2) is 6.28. The number of furan rings is 1. The molecule has 25 heavy (non-hydrogen) atoms. The minimum absolute atomic E-state index is 0.0321. The van der Waals surface area contributed by atoms with Gasteiger partial charge < -0.3 is 14.2 Å². The monoisotopic (exact) mass is 349 g/mol. The van der Waals surface area contributed by atoms with Gasteiger partial charge in [0.1, 0.15) is 11.4 Å². The summed E-state index contributed by atoms with van der Waals surface area (Å²) in [6, 6.07) is 3.74. The molecule has 2 saturated heterocycles. The maximum Gasteiger partial charge on any atom is 0.251 e. The highest BCUT2D eigenvalue weighted by atomic mass is 19.3. The third-order valence-electron chi connectivity index (χ3n) is 5.31. The van der Waals surface area contributed by atoms with Gasteiger partial charge in [0.15, 0.2) is 0 Å². The average Bonchev–Trinajstić information content (AvgIpc) is 3.10. The zero-order valence-electron chi connectivity index (χ0n) is 14.0. The van der Waals surface area contributed by atoms with Gasteiger partial charge in [-0.1, -0.05) is 0 Å². The first-order valence-electron chi connectivity index (χ1n) is 8.77. The first-order chi connectivity index (χ1) is 12.0. The molecule has 0 spiro atoms. The van der Waals surface area contributed by atoms with E-state index >= 15 is 0 Å². The Morgan fingerprint density at radius 1 is 1.16 bits per heavy atom. The number of likely N-dealkylation sites (tertiary alicyclic amines) is 1. The molecule has 2 aromatic rings. The average molecular weight is 349 g/mol. The lowest BCUT2D eigenvalue weighted by Crippen LogP contribution is -2.47. The predicted octanol–water partition coefficient (Wildman–Crippen LogP) is 3.30. The lowest BCUT2D eigenvalue weighted by atomic mass is 9.94. The molecule has 2 fully saturated rings. The van der Waals surface area contributed by atoms with Gasteiger partial charge in [-0.3, -0.25) is 4.79 Å². The molecule has 7 heteroatoms. The van der Waals surface area contributed by atoms with Gasteiger partial charge in [-0.2, -0.15) is 0 Å². The molecule has 0 atom stereocenters. The van der Waals surface area contributed by atoms with Crippen molar-refractivity contribution in [2.75, 3.05) is 31.1 Å². The Morgan fingerprint density at radius 2 is 1.88 bits per heavy atom. The number of nitrogens with zero attached hydrogens (tertiary/aromatic N) is 3. The van der Waals surface area contributed by atoms with Crippen LogP contribution in [-0.4, -0.2) is 47.9 Å². The fourth-order valence-electron chi connectivity index (χ4n) is 3.78. The molecule has 0 N–H and O–H groups in total. The fourth-order valence-corrected chi connectivity index (χ4v) is 3.78. The minimum atomic E-state index is -2.62. The van der Waals surface area contributed by atoms with Crippen molar-refractivity contribution < 1.29 is 18.0 Å². The van der Waals surface area contributed by atoms with Gasteiger partial charge in [0.25, 0.3) is 5.92 Å². The number of alkyl halides is 2. The van der Waals surface area contributed by atoms with Crippen LogP contribution in [0.25, 0.3) is 11.0 Å². The lowest BCUT2D eigenvalue weighted by Gasteiger charge is -2.37. The van der Waals surface area contributed by atoms with Crippen LogP contribution in [0, 0.1) is 5.92 Å². The number of rotatable bonds is 2. The maximum absolute atomic E-state index is 13.3. The summed E-state index contributed by atoms with van der Waals surface area (Å²) >= 11 is 0. The molecule has 0 aliphatic carbocycles. The zero-order chi connectivity index (χ0) is 17.4. The van der Waals surface area contributed by atoms with E-state index < -0.39 is 5.92 Å². The highest BCUT2D eigenvalue weighted by Crippen LogP contribution is 2.32. The lowest BCUT2D eigenvalue weighted by molar-refractivity contribution is -0.142. The Balaban J connectivity index is 1.38. The molecule has 4 rings (SSSR count). The molecule has 134 valence electrons. The number of pyridine rings is 1. The molecule has 0 unspecified atom stereocenters. The van der Waals surface area contributed by atoms with E-state index in [1.54, 1.807) is 17.4 Å². The van der Waals surface area contributed by atoms with Crippen molar-refractivity contribution >= 4 is 22.7 Å². The zero-order valence-corrected chi connectivity index (χ0v) is 14.0. The van der Waals surface area contributed by atoms with Gasteiger partial charge in [0.05, 0.1) is 11.6 Å². The first kappa shape index (κ1) is 16.3. The van der Waals surface area contributed by atoms with Crippen molar-refractivity contribution in [2.24, 2.45) is 5.92 Å². The van der Waals surface area contributed by atoms with Gasteiger partial charge >= 0.3 is 0 Å². The summed E-state index contributed by atoms with van der Waals surface area (Å²) in [5, 5.41) is 0.977. The van der Waals surface area contributed by atoms with E-state index in [-0.39, 0.29) is 37.8 Å². The normalized spacial score (nSPS) is 21.7. The summed E-state index contributed by atoms with van der Waals surface area (Å²) < 4.78 is 31.9. The number of carbonyl (C=O) groups excluding carboxylic acids is 1. The third-order valence-corrected chi connectivity index (χ3v) is 5.31. The number of hydrogen-bond acceptors (Lipinski definition) is 4. The van der Waals surface area contributed by atoms with Crippen LogP contribution in [0.4, 0.5) is 14.6 Å². The van der Waals surface area contributed by atoms with Gasteiger partial charge in [-0.15, -0.1) is 0 Å². The molecule has 5 nitrogen and oxygen atoms in total. The van der Waals surface area contributed by atoms with Gasteiger partial charge in [-0.25, -0.2) is 13.8 Å². The molecule has 2 aliphatic heterocycles. The minimum Gasteiger partial charge on any atom is -0.464 e. The molecule has 4 heterocycles. The predicted molar refractivity (Wildman–Crippen MR) is 89.7 cm³/mol. The highest BCUT2D eigenvalue weighted by molar-refractivity contribution is 5.88. The molecule has 1 amide bonds. The number of amides is 1. The Hall–Kier alpha value is -2.18. The molecule has 0 bridgehead atoms. The van der Waals surface area contributed by atoms with Crippen molar-refractivity contribution in [1.82, 2.24) is 9.88 Å². The van der Waals surface area contributed by atoms with E-state index in [1.807, 2.05) is 12.1 Å². The maximum atomic E-state index is 13.3. The Labute approximate surface area is 144 Å². The number of fused-ring (bicyclic) bond motifs is 1. The topological polar surface area (TPSA) is 49.6 Å². The fraction of sp³-hybridized carbons (Fsp3) is 0.556. The Bertz CT molecular complexity index is 759. The molecule has 0 aromatic carbocycles. The number of halogens is 2. The Kier molecular flexibility index (Phi) is 4.09. The molecule has 2 aromatic heterocycles. The van der Waals surface area contributed by atoms with Crippen molar-refractivity contribution in [3.8, 4) is 0 Å². The largest absolute Gasteiger partial charge is 0.464 e. The second-order valence-electron chi connectivity index (χ2n) is 6.91. The van der Waals surface area contributed by atoms with Gasteiger partial charge in [0.2, 0.25) is 5.91 Å². The first-order valence-corrected chi connectivity index (χ1v) is 8.77. The van der Waals surface area contributed by atoms with E-state index in [0.29, 0.717) is 0 Å². The SMILES string of the molecule is O=C(C1CCN(c2nccc3occc23)CC1)N1CCC(F)(F)CC1. The standard InChI is InChI=1S/C18H21F2N3O2/c19-18(20)5-10-23(11-6-18)17(24)13-2-8-22(9-3-13)16-14-4-12-25-15(14)1-7-21-16/h1,4,7,12-13H,2-3,5-6,8-11H2. The van der Waals surface area contributed by atoms with E-state index in [9.17, 15) is 13.6 Å². The molecular formula is C18H21F2N3O2. The molecule has 2 aliphatic rings. The van der Waals surface area contributed by atoms with E-state index in [2.05, 4.69) is 9.88 Å². The summed E-state index contributed by atoms with van der Waals surface area (Å²) in [5.41, 5.74) is 0.803. The van der Waals surface area contributed by atoms with Crippen molar-refractivity contribution in [1.29, 1.82) is 0 Å². The molecular weight excluding hydrogens is 328 g/mol. The second-order valence-corrected chi connectivity index (χ2v) is 6.91. The smallest absolute Gasteiger partial charge is 0.251 e. The number of hydrogen-bond donors (Lipinski definition) is 0. The van der Waals surface area contributed by atoms with Crippen LogP contribution in [0.1, 0.15) is 25.7 Å². The van der Waals surface area contributed by atoms with Crippen LogP contribution in [0.3, 0.4) is 0 Å². The molecule has 0 saturated carbocycles. The number of piperidine rings is 2. The van der Waals surface area contributed by atoms with Crippen molar-refractivity contribution in [2.45, 2.75) is 31.6 Å². The third kappa shape index (κ3) is 3.19. The number of anilines is 1. The van der Waals surface area contributed by atoms with Gasteiger partial charge in [-0.05, 0) is 25.0 Å². The highest BCUT2D eigenvalue weighted by Gasteiger charge is 2.38. The number of carbonyl (C=O) groups is 1. The molecule has 0 radical (unpaired) electrons. The van der Waals surface area contributed by atoms with Crippen molar-refractivity contribution in [3.05, 3.63) is 24.6 Å². The summed E-state index contributed by atoms with van der Waals surface area (Å²) in [4.78, 5) is 20.9. The van der Waals surface area contributed by atoms with E-state index in [0.717, 1.165) is 42.7 Å². The van der Waals surface area contributed by atoms with Crippen LogP contribution in [0.15, 0.2) is 29.0 Å². The summed E-state index contributed by atoms with van der Waals surface area (Å²) in [5.74, 6) is -1.78. The summed E-state index contributed by atoms with van der Waals surface area (Å²) in [7, 11) is 0. The van der Waals surface area contributed by atoms with Gasteiger partial charge in [0, 0.05) is 51.1 Å². The van der Waals surface area contributed by atoms with Crippen LogP contribution in [0.5, 0.6) is 0 Å². The van der Waals surface area contributed by atoms with E-state index in [4.69, 9.17) is 4.42 Å². The summed E-state index contributed by atoms with van der Waals surface area (Å²) in [6.45, 7) is 1.80. The summed E-state index contributed by atoms with van der Waals surface area (Å²) in [6.07, 6.45) is 4.39. The van der Waals surface area contributed by atoms with Crippen molar-refractivity contribution in [3.63, 3.8) is 0 Å². The quantitative estimate of drug-likeness (QED) is 0.835. The Morgan fingerprint density at radius 3 is 2.60 bits per heavy atom. The van der Waals surface area contributed by atoms with E-state index in [1.165, 1.54) is 0 Å². The van der Waals surface area contributed by atoms with Crippen LogP contribution in [-0.2, 0) is 4.79 Å². The van der Waals surface area contributed by atoms with Crippen LogP contribution < -0.4 is 4.90 Å².